The first kappa shape index (κ1) is 22.8. The third-order valence-electron chi connectivity index (χ3n) is 3.69. The van der Waals surface area contributed by atoms with Gasteiger partial charge in [-0.2, -0.15) is 13.2 Å². The molecule has 0 saturated carbocycles. The SMILES string of the molecule is COC(=O)CC(=O)C(C)Oc1cc(Oc2ccc(C(F)(F)F)cc2Cl)ccc1Cl. The van der Waals surface area contributed by atoms with Gasteiger partial charge in [0.2, 0.25) is 0 Å². The number of ether oxygens (including phenoxy) is 3. The van der Waals surface area contributed by atoms with Crippen molar-refractivity contribution in [2.45, 2.75) is 25.6 Å². The molecular formula is C19H15Cl2F3O5. The number of carbonyl (C=O) groups excluding carboxylic acids is 2. The number of methoxy groups -OCH3 is 1. The fourth-order valence-corrected chi connectivity index (χ4v) is 2.52. The molecule has 2 rings (SSSR count). The van der Waals surface area contributed by atoms with Gasteiger partial charge >= 0.3 is 12.1 Å². The molecule has 0 amide bonds. The van der Waals surface area contributed by atoms with Crippen LogP contribution in [0.5, 0.6) is 17.2 Å². The van der Waals surface area contributed by atoms with Crippen LogP contribution in [0.3, 0.4) is 0 Å². The molecule has 0 aliphatic rings. The summed E-state index contributed by atoms with van der Waals surface area (Å²) < 4.78 is 53.6. The van der Waals surface area contributed by atoms with Crippen LogP contribution in [-0.4, -0.2) is 25.0 Å². The molecule has 156 valence electrons. The van der Waals surface area contributed by atoms with Crippen LogP contribution in [-0.2, 0) is 20.5 Å². The van der Waals surface area contributed by atoms with Crippen LogP contribution in [0.4, 0.5) is 13.2 Å². The molecule has 29 heavy (non-hydrogen) atoms. The molecule has 2 aromatic rings. The lowest BCUT2D eigenvalue weighted by Crippen LogP contribution is -2.26. The molecule has 0 radical (unpaired) electrons. The summed E-state index contributed by atoms with van der Waals surface area (Å²) in [6.45, 7) is 1.43. The van der Waals surface area contributed by atoms with Gasteiger partial charge in [-0.25, -0.2) is 0 Å². The van der Waals surface area contributed by atoms with Gasteiger partial charge in [0.1, 0.15) is 23.7 Å². The van der Waals surface area contributed by atoms with Crippen molar-refractivity contribution in [1.29, 1.82) is 0 Å². The molecule has 0 aromatic heterocycles. The van der Waals surface area contributed by atoms with Gasteiger partial charge in [0.05, 0.1) is 22.7 Å². The van der Waals surface area contributed by atoms with Crippen LogP contribution in [0.1, 0.15) is 18.9 Å². The molecule has 0 aliphatic heterocycles. The average Bonchev–Trinajstić information content (AvgIpc) is 2.64. The summed E-state index contributed by atoms with van der Waals surface area (Å²) in [5.74, 6) is -0.991. The summed E-state index contributed by atoms with van der Waals surface area (Å²) in [6, 6.07) is 6.88. The standard InChI is InChI=1S/C19H15Cl2F3O5/c1-10(15(25)9-18(26)27-2)28-17-8-12(4-5-13(17)20)29-16-6-3-11(7-14(16)21)19(22,23)24/h3-8,10H,9H2,1-2H3. The third kappa shape index (κ3) is 6.27. The molecule has 0 heterocycles. The molecule has 0 fully saturated rings. The minimum absolute atomic E-state index is 0.0113. The highest BCUT2D eigenvalue weighted by Crippen LogP contribution is 2.38. The Balaban J connectivity index is 2.17. The highest BCUT2D eigenvalue weighted by Gasteiger charge is 2.31. The minimum atomic E-state index is -4.53. The Kier molecular flexibility index (Phi) is 7.37. The summed E-state index contributed by atoms with van der Waals surface area (Å²) in [5, 5.41) is -0.0764. The van der Waals surface area contributed by atoms with Crippen molar-refractivity contribution in [3.63, 3.8) is 0 Å². The lowest BCUT2D eigenvalue weighted by molar-refractivity contribution is -0.145. The van der Waals surface area contributed by atoms with Crippen molar-refractivity contribution >= 4 is 35.0 Å². The molecule has 1 unspecified atom stereocenters. The van der Waals surface area contributed by atoms with Crippen molar-refractivity contribution < 1.29 is 37.0 Å². The maximum atomic E-state index is 12.7. The molecule has 1 atom stereocenters. The second-order valence-corrected chi connectivity index (χ2v) is 6.63. The number of halogens is 5. The van der Waals surface area contributed by atoms with Crippen LogP contribution in [0.15, 0.2) is 36.4 Å². The van der Waals surface area contributed by atoms with Crippen molar-refractivity contribution in [1.82, 2.24) is 0 Å². The monoisotopic (exact) mass is 450 g/mol. The molecule has 0 saturated heterocycles. The Bertz CT molecular complexity index is 915. The number of hydrogen-bond donors (Lipinski definition) is 0. The maximum Gasteiger partial charge on any atom is 0.416 e. The lowest BCUT2D eigenvalue weighted by Gasteiger charge is -2.16. The summed E-state index contributed by atoms with van der Waals surface area (Å²) in [5.41, 5.74) is -0.909. The molecule has 10 heteroatoms. The molecule has 0 aliphatic carbocycles. The van der Waals surface area contributed by atoms with Gasteiger partial charge in [-0.3, -0.25) is 9.59 Å². The smallest absolute Gasteiger partial charge is 0.416 e. The molecule has 5 nitrogen and oxygen atoms in total. The fourth-order valence-electron chi connectivity index (χ4n) is 2.14. The van der Waals surface area contributed by atoms with E-state index in [4.69, 9.17) is 32.7 Å². The van der Waals surface area contributed by atoms with Gasteiger partial charge in [0, 0.05) is 6.07 Å². The molecule has 0 N–H and O–H groups in total. The number of Topliss-reactive ketones (excluding diaryl/α,β-unsaturated/α-hetero) is 1. The topological polar surface area (TPSA) is 61.8 Å². The quantitative estimate of drug-likeness (QED) is 0.399. The van der Waals surface area contributed by atoms with Crippen molar-refractivity contribution in [2.24, 2.45) is 0 Å². The van der Waals surface area contributed by atoms with E-state index in [0.717, 1.165) is 25.3 Å². The largest absolute Gasteiger partial charge is 0.481 e. The van der Waals surface area contributed by atoms with E-state index in [0.29, 0.717) is 0 Å². The van der Waals surface area contributed by atoms with Gasteiger partial charge < -0.3 is 14.2 Å². The van der Waals surface area contributed by atoms with Gasteiger partial charge in [-0.1, -0.05) is 23.2 Å². The van der Waals surface area contributed by atoms with Crippen LogP contribution in [0, 0.1) is 0 Å². The number of benzene rings is 2. The zero-order valence-electron chi connectivity index (χ0n) is 15.2. The van der Waals surface area contributed by atoms with E-state index in [9.17, 15) is 22.8 Å². The summed E-state index contributed by atoms with van der Waals surface area (Å²) >= 11 is 11.9. The number of carbonyl (C=O) groups is 2. The molecule has 2 aromatic carbocycles. The fraction of sp³-hybridized carbons (Fsp3) is 0.263. The number of ketones is 1. The van der Waals surface area contributed by atoms with Gasteiger partial charge in [-0.05, 0) is 37.3 Å². The van der Waals surface area contributed by atoms with Gasteiger partial charge in [-0.15, -0.1) is 0 Å². The molecule has 0 bridgehead atoms. The first-order valence-corrected chi connectivity index (χ1v) is 8.87. The Morgan fingerprint density at radius 3 is 2.31 bits per heavy atom. The van der Waals surface area contributed by atoms with E-state index in [1.54, 1.807) is 0 Å². The summed E-state index contributed by atoms with van der Waals surface area (Å²) in [4.78, 5) is 23.1. The van der Waals surface area contributed by atoms with E-state index >= 15 is 0 Å². The highest BCUT2D eigenvalue weighted by molar-refractivity contribution is 6.32. The third-order valence-corrected chi connectivity index (χ3v) is 4.30. The Labute approximate surface area is 174 Å². The average molecular weight is 451 g/mol. The highest BCUT2D eigenvalue weighted by atomic mass is 35.5. The predicted molar refractivity (Wildman–Crippen MR) is 99.7 cm³/mol. The second kappa shape index (κ2) is 9.37. The Hall–Kier alpha value is -2.45. The zero-order chi connectivity index (χ0) is 21.8. The first-order chi connectivity index (χ1) is 13.5. The summed E-state index contributed by atoms with van der Waals surface area (Å²) in [6.07, 6.45) is -6.00. The number of hydrogen-bond acceptors (Lipinski definition) is 5. The first-order valence-electron chi connectivity index (χ1n) is 8.11. The van der Waals surface area contributed by atoms with Gasteiger partial charge in [0.25, 0.3) is 0 Å². The van der Waals surface area contributed by atoms with Crippen molar-refractivity contribution in [3.05, 3.63) is 52.0 Å². The van der Waals surface area contributed by atoms with Crippen LogP contribution in [0.2, 0.25) is 10.0 Å². The summed E-state index contributed by atoms with van der Waals surface area (Å²) in [7, 11) is 1.16. The lowest BCUT2D eigenvalue weighted by atomic mass is 10.2. The van der Waals surface area contributed by atoms with E-state index < -0.39 is 36.0 Å². The number of alkyl halides is 3. The van der Waals surface area contributed by atoms with Crippen LogP contribution < -0.4 is 9.47 Å². The Morgan fingerprint density at radius 1 is 1.03 bits per heavy atom. The molecular weight excluding hydrogens is 436 g/mol. The Morgan fingerprint density at radius 2 is 1.72 bits per heavy atom. The maximum absolute atomic E-state index is 12.7. The van der Waals surface area contributed by atoms with E-state index in [-0.39, 0.29) is 27.3 Å². The normalized spacial score (nSPS) is 12.2. The minimum Gasteiger partial charge on any atom is -0.481 e. The predicted octanol–water partition coefficient (Wildman–Crippen LogP) is 5.70. The van der Waals surface area contributed by atoms with E-state index in [1.165, 1.54) is 25.1 Å². The van der Waals surface area contributed by atoms with E-state index in [1.807, 2.05) is 0 Å². The van der Waals surface area contributed by atoms with Crippen molar-refractivity contribution in [3.8, 4) is 17.2 Å². The van der Waals surface area contributed by atoms with Crippen LogP contribution in [0.25, 0.3) is 0 Å². The van der Waals surface area contributed by atoms with Crippen molar-refractivity contribution in [2.75, 3.05) is 7.11 Å². The van der Waals surface area contributed by atoms with Gasteiger partial charge in [0.15, 0.2) is 11.9 Å². The number of esters is 1. The van der Waals surface area contributed by atoms with Crippen LogP contribution >= 0.6 is 23.2 Å². The van der Waals surface area contributed by atoms with E-state index in [2.05, 4.69) is 4.74 Å². The number of rotatable bonds is 7. The zero-order valence-corrected chi connectivity index (χ0v) is 16.7. The molecule has 0 spiro atoms. The second-order valence-electron chi connectivity index (χ2n) is 5.82.